The lowest BCUT2D eigenvalue weighted by atomic mass is 10.1. The largest absolute Gasteiger partial charge is 0.337 e. The van der Waals surface area contributed by atoms with Crippen LogP contribution < -0.4 is 0 Å². The Hall–Kier alpha value is -1.89. The fraction of sp³-hybridized carbons (Fsp3) is 0.350. The summed E-state index contributed by atoms with van der Waals surface area (Å²) < 4.78 is 27.3. The number of carbonyl (C=O) groups is 1. The first-order chi connectivity index (χ1) is 12.9. The van der Waals surface area contributed by atoms with E-state index in [1.165, 1.54) is 27.4 Å². The van der Waals surface area contributed by atoms with Crippen LogP contribution in [0.25, 0.3) is 0 Å². The summed E-state index contributed by atoms with van der Waals surface area (Å²) >= 11 is 6.22. The maximum Gasteiger partial charge on any atom is 0.255 e. The van der Waals surface area contributed by atoms with Gasteiger partial charge < -0.3 is 4.90 Å². The van der Waals surface area contributed by atoms with Crippen molar-refractivity contribution in [2.75, 3.05) is 20.1 Å². The van der Waals surface area contributed by atoms with Gasteiger partial charge in [-0.1, -0.05) is 48.4 Å². The van der Waals surface area contributed by atoms with Crippen LogP contribution >= 0.6 is 11.6 Å². The van der Waals surface area contributed by atoms with Gasteiger partial charge in [-0.05, 0) is 36.6 Å². The van der Waals surface area contributed by atoms with Crippen LogP contribution in [0, 0.1) is 0 Å². The number of amides is 1. The van der Waals surface area contributed by atoms with Gasteiger partial charge in [-0.2, -0.15) is 4.31 Å². The number of nitrogens with zero attached hydrogens (tertiary/aromatic N) is 2. The van der Waals surface area contributed by atoms with Gasteiger partial charge in [0.1, 0.15) is 0 Å². The Balaban J connectivity index is 1.85. The zero-order valence-corrected chi connectivity index (χ0v) is 16.8. The van der Waals surface area contributed by atoms with E-state index in [-0.39, 0.29) is 21.4 Å². The predicted octanol–water partition coefficient (Wildman–Crippen LogP) is 3.79. The minimum Gasteiger partial charge on any atom is -0.337 e. The number of sulfonamides is 1. The Morgan fingerprint density at radius 2 is 1.74 bits per heavy atom. The van der Waals surface area contributed by atoms with E-state index in [0.717, 1.165) is 24.8 Å². The van der Waals surface area contributed by atoms with Crippen LogP contribution in [0.2, 0.25) is 5.02 Å². The van der Waals surface area contributed by atoms with E-state index < -0.39 is 10.0 Å². The summed E-state index contributed by atoms with van der Waals surface area (Å²) in [6, 6.07) is 14.0. The quantitative estimate of drug-likeness (QED) is 0.759. The number of piperidine rings is 1. The molecule has 1 amide bonds. The molecule has 1 fully saturated rings. The van der Waals surface area contributed by atoms with Crippen molar-refractivity contribution in [1.29, 1.82) is 0 Å². The number of hydrogen-bond acceptors (Lipinski definition) is 3. The molecule has 2 aromatic rings. The molecule has 0 radical (unpaired) electrons. The molecule has 27 heavy (non-hydrogen) atoms. The smallest absolute Gasteiger partial charge is 0.255 e. The Morgan fingerprint density at radius 3 is 2.41 bits per heavy atom. The van der Waals surface area contributed by atoms with Crippen LogP contribution in [-0.4, -0.2) is 43.7 Å². The van der Waals surface area contributed by atoms with E-state index >= 15 is 0 Å². The van der Waals surface area contributed by atoms with E-state index in [1.807, 2.05) is 30.3 Å². The van der Waals surface area contributed by atoms with Crippen molar-refractivity contribution in [1.82, 2.24) is 9.21 Å². The minimum absolute atomic E-state index is 0.116. The van der Waals surface area contributed by atoms with E-state index in [0.29, 0.717) is 19.6 Å². The van der Waals surface area contributed by atoms with Crippen LogP contribution in [-0.2, 0) is 16.6 Å². The molecule has 144 valence electrons. The van der Waals surface area contributed by atoms with Gasteiger partial charge in [-0.3, -0.25) is 4.79 Å². The summed E-state index contributed by atoms with van der Waals surface area (Å²) in [5.41, 5.74) is 1.19. The first-order valence-electron chi connectivity index (χ1n) is 8.98. The van der Waals surface area contributed by atoms with Gasteiger partial charge in [0.2, 0.25) is 10.0 Å². The molecule has 0 saturated carbocycles. The first kappa shape index (κ1) is 19.9. The average molecular weight is 407 g/mol. The van der Waals surface area contributed by atoms with Crippen LogP contribution in [0.4, 0.5) is 0 Å². The Morgan fingerprint density at radius 1 is 1.07 bits per heavy atom. The van der Waals surface area contributed by atoms with Crippen molar-refractivity contribution in [3.8, 4) is 0 Å². The molecule has 1 aliphatic heterocycles. The molecule has 3 rings (SSSR count). The van der Waals surface area contributed by atoms with Crippen LogP contribution in [0.1, 0.15) is 35.2 Å². The molecule has 1 saturated heterocycles. The highest BCUT2D eigenvalue weighted by molar-refractivity contribution is 7.89. The number of carbonyl (C=O) groups excluding carboxylic acids is 1. The molecule has 0 spiro atoms. The van der Waals surface area contributed by atoms with Crippen molar-refractivity contribution in [3.63, 3.8) is 0 Å². The average Bonchev–Trinajstić information content (AvgIpc) is 2.69. The molecule has 1 heterocycles. The van der Waals surface area contributed by atoms with Gasteiger partial charge in [0.15, 0.2) is 0 Å². The number of hydrogen-bond donors (Lipinski definition) is 0. The molecule has 0 aromatic heterocycles. The van der Waals surface area contributed by atoms with Crippen LogP contribution in [0.5, 0.6) is 0 Å². The summed E-state index contributed by atoms with van der Waals surface area (Å²) in [6.45, 7) is 1.45. The van der Waals surface area contributed by atoms with Gasteiger partial charge in [-0.15, -0.1) is 0 Å². The molecular weight excluding hydrogens is 384 g/mol. The van der Waals surface area contributed by atoms with Crippen molar-refractivity contribution in [3.05, 3.63) is 64.7 Å². The molecule has 0 N–H and O–H groups in total. The summed E-state index contributed by atoms with van der Waals surface area (Å²) in [5, 5.41) is 0.248. The van der Waals surface area contributed by atoms with Crippen molar-refractivity contribution < 1.29 is 13.2 Å². The minimum atomic E-state index is -3.62. The zero-order chi connectivity index (χ0) is 19.4. The van der Waals surface area contributed by atoms with Crippen LogP contribution in [0.3, 0.4) is 0 Å². The number of halogens is 1. The third-order valence-corrected chi connectivity index (χ3v) is 6.95. The normalized spacial score (nSPS) is 15.5. The third-order valence-electron chi connectivity index (χ3n) is 4.73. The second kappa shape index (κ2) is 8.42. The van der Waals surface area contributed by atoms with Gasteiger partial charge >= 0.3 is 0 Å². The third kappa shape index (κ3) is 4.51. The second-order valence-corrected chi connectivity index (χ2v) is 9.10. The zero-order valence-electron chi connectivity index (χ0n) is 15.3. The molecule has 7 heteroatoms. The van der Waals surface area contributed by atoms with Crippen molar-refractivity contribution >= 4 is 27.5 Å². The van der Waals surface area contributed by atoms with Gasteiger partial charge in [0.05, 0.1) is 15.5 Å². The Kier molecular flexibility index (Phi) is 6.19. The number of rotatable bonds is 5. The summed E-state index contributed by atoms with van der Waals surface area (Å²) in [5.74, 6) is -0.306. The van der Waals surface area contributed by atoms with Crippen molar-refractivity contribution in [2.45, 2.75) is 30.7 Å². The lowest BCUT2D eigenvalue weighted by Crippen LogP contribution is -2.35. The molecule has 0 atom stereocenters. The summed E-state index contributed by atoms with van der Waals surface area (Å²) in [6.07, 6.45) is 2.76. The predicted molar refractivity (Wildman–Crippen MR) is 106 cm³/mol. The lowest BCUT2D eigenvalue weighted by Gasteiger charge is -2.26. The summed E-state index contributed by atoms with van der Waals surface area (Å²) in [4.78, 5) is 14.5. The topological polar surface area (TPSA) is 57.7 Å². The maximum absolute atomic E-state index is 12.9. The monoisotopic (exact) mass is 406 g/mol. The van der Waals surface area contributed by atoms with E-state index in [4.69, 9.17) is 11.6 Å². The molecule has 1 aliphatic rings. The fourth-order valence-electron chi connectivity index (χ4n) is 3.22. The highest BCUT2D eigenvalue weighted by Gasteiger charge is 2.27. The van der Waals surface area contributed by atoms with E-state index in [2.05, 4.69) is 0 Å². The lowest BCUT2D eigenvalue weighted by molar-refractivity contribution is 0.0785. The van der Waals surface area contributed by atoms with Crippen molar-refractivity contribution in [2.24, 2.45) is 0 Å². The molecule has 0 bridgehead atoms. The maximum atomic E-state index is 12.9. The molecule has 0 aliphatic carbocycles. The Bertz CT molecular complexity index is 910. The van der Waals surface area contributed by atoms with E-state index in [9.17, 15) is 13.2 Å². The van der Waals surface area contributed by atoms with Gasteiger partial charge in [0.25, 0.3) is 5.91 Å². The molecule has 5 nitrogen and oxygen atoms in total. The summed E-state index contributed by atoms with van der Waals surface area (Å²) in [7, 11) is -1.94. The highest BCUT2D eigenvalue weighted by Crippen LogP contribution is 2.26. The number of benzene rings is 2. The van der Waals surface area contributed by atoms with E-state index in [1.54, 1.807) is 7.05 Å². The standard InChI is InChI=1S/C20H23ClN2O3S/c1-22(15-16-8-4-2-5-9-16)20(24)18-14-17(10-11-19(18)21)27(25,26)23-12-6-3-7-13-23/h2,4-5,8-11,14H,3,6-7,12-13,15H2,1H3. The van der Waals surface area contributed by atoms with Gasteiger partial charge in [0, 0.05) is 26.7 Å². The Labute approximate surface area is 165 Å². The van der Waals surface area contributed by atoms with Crippen LogP contribution in [0.15, 0.2) is 53.4 Å². The highest BCUT2D eigenvalue weighted by atomic mass is 35.5. The SMILES string of the molecule is CN(Cc1ccccc1)C(=O)c1cc(S(=O)(=O)N2CCCCC2)ccc1Cl. The van der Waals surface area contributed by atoms with Gasteiger partial charge in [-0.25, -0.2) is 8.42 Å². The molecule has 2 aromatic carbocycles. The first-order valence-corrected chi connectivity index (χ1v) is 10.8. The molecular formula is C20H23ClN2O3S. The molecule has 0 unspecified atom stereocenters. The second-order valence-electron chi connectivity index (χ2n) is 6.75. The fourth-order valence-corrected chi connectivity index (χ4v) is 4.96.